The molecule has 4 rings (SSSR count). The van der Waals surface area contributed by atoms with Crippen molar-refractivity contribution in [3.05, 3.63) is 29.8 Å². The summed E-state index contributed by atoms with van der Waals surface area (Å²) in [5.41, 5.74) is 2.48. The summed E-state index contributed by atoms with van der Waals surface area (Å²) >= 11 is 0. The van der Waals surface area contributed by atoms with Crippen LogP contribution in [0.25, 0.3) is 11.5 Å². The van der Waals surface area contributed by atoms with Gasteiger partial charge in [-0.3, -0.25) is 4.98 Å². The van der Waals surface area contributed by atoms with Crippen LogP contribution in [-0.2, 0) is 0 Å². The number of pyridine rings is 1. The fourth-order valence-corrected chi connectivity index (χ4v) is 2.59. The van der Waals surface area contributed by atoms with Gasteiger partial charge in [-0.1, -0.05) is 19.0 Å². The third-order valence-electron chi connectivity index (χ3n) is 4.29. The van der Waals surface area contributed by atoms with Gasteiger partial charge < -0.3 is 4.52 Å². The number of rotatable bonds is 3. The summed E-state index contributed by atoms with van der Waals surface area (Å²) in [7, 11) is 0. The molecule has 0 amide bonds. The van der Waals surface area contributed by atoms with Gasteiger partial charge >= 0.3 is 0 Å². The van der Waals surface area contributed by atoms with Gasteiger partial charge in [0.25, 0.3) is 5.89 Å². The van der Waals surface area contributed by atoms with Crippen molar-refractivity contribution in [2.24, 2.45) is 5.41 Å². The minimum Gasteiger partial charge on any atom is -0.334 e. The van der Waals surface area contributed by atoms with Gasteiger partial charge in [-0.15, -0.1) is 0 Å². The Morgan fingerprint density at radius 1 is 1.32 bits per heavy atom. The third-order valence-corrected chi connectivity index (χ3v) is 4.29. The van der Waals surface area contributed by atoms with E-state index in [1.165, 1.54) is 12.8 Å². The molecule has 0 N–H and O–H groups in total. The number of aromatic nitrogens is 3. The SMILES string of the molecule is CC1(C)CC1c1noc(-c2ccnc(C3CC3)c2)n1. The van der Waals surface area contributed by atoms with Crippen LogP contribution in [0.15, 0.2) is 22.9 Å². The largest absolute Gasteiger partial charge is 0.334 e. The fraction of sp³-hybridized carbons (Fsp3) is 0.533. The molecule has 0 aliphatic heterocycles. The zero-order valence-electron chi connectivity index (χ0n) is 11.3. The maximum atomic E-state index is 5.41. The van der Waals surface area contributed by atoms with E-state index in [0.717, 1.165) is 23.5 Å². The van der Waals surface area contributed by atoms with Crippen LogP contribution >= 0.6 is 0 Å². The molecule has 2 aliphatic rings. The van der Waals surface area contributed by atoms with Crippen molar-refractivity contribution in [1.29, 1.82) is 0 Å². The normalized spacial score (nSPS) is 24.4. The topological polar surface area (TPSA) is 51.8 Å². The van der Waals surface area contributed by atoms with Crippen molar-refractivity contribution in [1.82, 2.24) is 15.1 Å². The fourth-order valence-electron chi connectivity index (χ4n) is 2.59. The summed E-state index contributed by atoms with van der Waals surface area (Å²) in [6.07, 6.45) is 5.49. The van der Waals surface area contributed by atoms with E-state index < -0.39 is 0 Å². The van der Waals surface area contributed by atoms with E-state index in [2.05, 4.69) is 35.0 Å². The predicted octanol–water partition coefficient (Wildman–Crippen LogP) is 3.52. The molecule has 98 valence electrons. The van der Waals surface area contributed by atoms with Crippen molar-refractivity contribution in [3.8, 4) is 11.5 Å². The number of nitrogens with zero attached hydrogens (tertiary/aromatic N) is 3. The van der Waals surface area contributed by atoms with Crippen molar-refractivity contribution in [2.45, 2.75) is 44.9 Å². The van der Waals surface area contributed by atoms with Crippen molar-refractivity contribution in [2.75, 3.05) is 0 Å². The Kier molecular flexibility index (Phi) is 2.14. The van der Waals surface area contributed by atoms with Gasteiger partial charge in [-0.05, 0) is 36.8 Å². The highest BCUT2D eigenvalue weighted by Crippen LogP contribution is 2.57. The molecule has 1 unspecified atom stereocenters. The Morgan fingerprint density at radius 2 is 2.11 bits per heavy atom. The Bertz CT molecular complexity index is 628. The molecule has 0 radical (unpaired) electrons. The average Bonchev–Trinajstić information content (AvgIpc) is 3.29. The van der Waals surface area contributed by atoms with E-state index in [-0.39, 0.29) is 0 Å². The van der Waals surface area contributed by atoms with Crippen LogP contribution in [-0.4, -0.2) is 15.1 Å². The standard InChI is InChI=1S/C15H17N3O/c1-15(2)8-11(15)13-17-14(19-18-13)10-5-6-16-12(7-10)9-3-4-9/h5-7,9,11H,3-4,8H2,1-2H3. The van der Waals surface area contributed by atoms with E-state index in [4.69, 9.17) is 4.52 Å². The van der Waals surface area contributed by atoms with E-state index >= 15 is 0 Å². The van der Waals surface area contributed by atoms with Crippen molar-refractivity contribution < 1.29 is 4.52 Å². The molecular formula is C15H17N3O. The molecule has 0 spiro atoms. The first kappa shape index (κ1) is 11.1. The molecule has 0 bridgehead atoms. The zero-order valence-corrected chi connectivity index (χ0v) is 11.3. The van der Waals surface area contributed by atoms with E-state index in [1.807, 2.05) is 12.3 Å². The molecule has 2 fully saturated rings. The molecule has 2 aromatic heterocycles. The molecule has 4 heteroatoms. The molecule has 0 aromatic carbocycles. The molecule has 2 saturated carbocycles. The molecule has 2 heterocycles. The average molecular weight is 255 g/mol. The van der Waals surface area contributed by atoms with Crippen LogP contribution in [0.5, 0.6) is 0 Å². The Hall–Kier alpha value is -1.71. The summed E-state index contributed by atoms with van der Waals surface area (Å²) in [6.45, 7) is 4.48. The first-order chi connectivity index (χ1) is 9.13. The van der Waals surface area contributed by atoms with Crippen LogP contribution in [0, 0.1) is 5.41 Å². The Morgan fingerprint density at radius 3 is 2.79 bits per heavy atom. The molecule has 2 aromatic rings. The summed E-state index contributed by atoms with van der Waals surface area (Å²) < 4.78 is 5.41. The zero-order chi connectivity index (χ0) is 13.0. The quantitative estimate of drug-likeness (QED) is 0.842. The van der Waals surface area contributed by atoms with E-state index in [1.54, 1.807) is 0 Å². The summed E-state index contributed by atoms with van der Waals surface area (Å²) in [5, 5.41) is 4.13. The lowest BCUT2D eigenvalue weighted by molar-refractivity contribution is 0.419. The van der Waals surface area contributed by atoms with Gasteiger partial charge in [0.1, 0.15) is 0 Å². The van der Waals surface area contributed by atoms with Crippen LogP contribution in [0.3, 0.4) is 0 Å². The Balaban J connectivity index is 1.63. The maximum Gasteiger partial charge on any atom is 0.258 e. The molecule has 0 saturated heterocycles. The highest BCUT2D eigenvalue weighted by Gasteiger charge is 2.49. The second-order valence-corrected chi connectivity index (χ2v) is 6.45. The van der Waals surface area contributed by atoms with Crippen LogP contribution in [0.4, 0.5) is 0 Å². The van der Waals surface area contributed by atoms with E-state index in [9.17, 15) is 0 Å². The lowest BCUT2D eigenvalue weighted by atomic mass is 10.1. The highest BCUT2D eigenvalue weighted by molar-refractivity contribution is 5.53. The van der Waals surface area contributed by atoms with Crippen LogP contribution in [0.1, 0.15) is 56.5 Å². The molecule has 4 nitrogen and oxygen atoms in total. The molecular weight excluding hydrogens is 238 g/mol. The monoisotopic (exact) mass is 255 g/mol. The maximum absolute atomic E-state index is 5.41. The van der Waals surface area contributed by atoms with Gasteiger partial charge in [0.2, 0.25) is 0 Å². The second-order valence-electron chi connectivity index (χ2n) is 6.45. The summed E-state index contributed by atoms with van der Waals surface area (Å²) in [5.74, 6) is 2.58. The highest BCUT2D eigenvalue weighted by atomic mass is 16.5. The molecule has 2 aliphatic carbocycles. The van der Waals surface area contributed by atoms with Gasteiger partial charge in [0.05, 0.1) is 0 Å². The minimum absolute atomic E-state index is 0.332. The van der Waals surface area contributed by atoms with Crippen molar-refractivity contribution in [3.63, 3.8) is 0 Å². The van der Waals surface area contributed by atoms with Crippen LogP contribution in [0.2, 0.25) is 0 Å². The van der Waals surface area contributed by atoms with Gasteiger partial charge in [-0.2, -0.15) is 4.98 Å². The lowest BCUT2D eigenvalue weighted by Crippen LogP contribution is -1.92. The Labute approximate surface area is 112 Å². The van der Waals surface area contributed by atoms with Crippen molar-refractivity contribution >= 4 is 0 Å². The molecule has 1 atom stereocenters. The van der Waals surface area contributed by atoms with Gasteiger partial charge in [0.15, 0.2) is 5.82 Å². The number of hydrogen-bond donors (Lipinski definition) is 0. The van der Waals surface area contributed by atoms with Gasteiger partial charge in [0, 0.05) is 29.3 Å². The summed E-state index contributed by atoms with van der Waals surface area (Å²) in [4.78, 5) is 8.97. The minimum atomic E-state index is 0.332. The first-order valence-corrected chi connectivity index (χ1v) is 6.93. The number of hydrogen-bond acceptors (Lipinski definition) is 4. The lowest BCUT2D eigenvalue weighted by Gasteiger charge is -1.98. The summed E-state index contributed by atoms with van der Waals surface area (Å²) in [6, 6.07) is 4.04. The third kappa shape index (κ3) is 1.95. The first-order valence-electron chi connectivity index (χ1n) is 6.93. The smallest absolute Gasteiger partial charge is 0.258 e. The van der Waals surface area contributed by atoms with E-state index in [0.29, 0.717) is 23.1 Å². The molecule has 19 heavy (non-hydrogen) atoms. The van der Waals surface area contributed by atoms with Gasteiger partial charge in [-0.25, -0.2) is 0 Å². The van der Waals surface area contributed by atoms with Crippen LogP contribution < -0.4 is 0 Å². The second kappa shape index (κ2) is 3.65. The predicted molar refractivity (Wildman–Crippen MR) is 70.6 cm³/mol.